The van der Waals surface area contributed by atoms with E-state index in [2.05, 4.69) is 28.9 Å². The van der Waals surface area contributed by atoms with Crippen molar-refractivity contribution < 1.29 is 0 Å². The van der Waals surface area contributed by atoms with E-state index in [0.29, 0.717) is 28.7 Å². The molecule has 3 aromatic rings. The summed E-state index contributed by atoms with van der Waals surface area (Å²) in [5, 5.41) is 4.63. The Hall–Kier alpha value is -2.34. The van der Waals surface area contributed by atoms with Crippen LogP contribution in [0.5, 0.6) is 0 Å². The van der Waals surface area contributed by atoms with Gasteiger partial charge in [-0.3, -0.25) is 4.79 Å². The third kappa shape index (κ3) is 3.43. The first-order valence-electron chi connectivity index (χ1n) is 7.94. The molecule has 2 heterocycles. The second-order valence-corrected chi connectivity index (χ2v) is 6.77. The number of fused-ring (bicyclic) bond motifs is 1. The minimum atomic E-state index is -0.188. The fourth-order valence-electron chi connectivity index (χ4n) is 2.70. The quantitative estimate of drug-likeness (QED) is 0.744. The SMILES string of the molecule is CC(C)CCc1[nH]c2nc(N)nn2c(=O)c1Cc1cccc(Cl)c1. The third-order valence-electron chi connectivity index (χ3n) is 3.94. The number of H-pyrrole nitrogens is 1. The van der Waals surface area contributed by atoms with Crippen molar-refractivity contribution in [3.05, 3.63) is 56.5 Å². The first-order valence-corrected chi connectivity index (χ1v) is 8.32. The van der Waals surface area contributed by atoms with Gasteiger partial charge in [-0.1, -0.05) is 37.6 Å². The largest absolute Gasteiger partial charge is 0.366 e. The molecule has 0 saturated heterocycles. The summed E-state index contributed by atoms with van der Waals surface area (Å²) in [6, 6.07) is 7.52. The molecular formula is C17H20ClN5O. The highest BCUT2D eigenvalue weighted by Crippen LogP contribution is 2.17. The van der Waals surface area contributed by atoms with Crippen LogP contribution in [0.4, 0.5) is 5.95 Å². The van der Waals surface area contributed by atoms with Crippen LogP contribution in [0.25, 0.3) is 5.78 Å². The molecule has 3 rings (SSSR count). The summed E-state index contributed by atoms with van der Waals surface area (Å²) in [4.78, 5) is 20.1. The van der Waals surface area contributed by atoms with E-state index >= 15 is 0 Å². The lowest BCUT2D eigenvalue weighted by Gasteiger charge is -2.11. The number of nitrogen functional groups attached to an aromatic ring is 1. The van der Waals surface area contributed by atoms with E-state index in [-0.39, 0.29) is 11.5 Å². The number of nitrogens with two attached hydrogens (primary N) is 1. The van der Waals surface area contributed by atoms with Gasteiger partial charge in [0, 0.05) is 22.7 Å². The number of nitrogens with zero attached hydrogens (tertiary/aromatic N) is 3. The molecule has 126 valence electrons. The zero-order valence-electron chi connectivity index (χ0n) is 13.7. The lowest BCUT2D eigenvalue weighted by Crippen LogP contribution is -2.23. The Morgan fingerprint density at radius 2 is 2.17 bits per heavy atom. The molecule has 0 bridgehead atoms. The Labute approximate surface area is 144 Å². The number of aryl methyl sites for hydroxylation is 1. The van der Waals surface area contributed by atoms with Gasteiger partial charge >= 0.3 is 0 Å². The number of hydrogen-bond donors (Lipinski definition) is 2. The Balaban J connectivity index is 2.09. The first-order chi connectivity index (χ1) is 11.4. The predicted octanol–water partition coefficient (Wildman–Crippen LogP) is 2.83. The zero-order valence-corrected chi connectivity index (χ0v) is 14.5. The monoisotopic (exact) mass is 345 g/mol. The van der Waals surface area contributed by atoms with Gasteiger partial charge in [0.2, 0.25) is 11.7 Å². The Morgan fingerprint density at radius 3 is 2.88 bits per heavy atom. The summed E-state index contributed by atoms with van der Waals surface area (Å²) < 4.78 is 1.23. The molecule has 0 unspecified atom stereocenters. The summed E-state index contributed by atoms with van der Waals surface area (Å²) in [6.45, 7) is 4.31. The second-order valence-electron chi connectivity index (χ2n) is 6.33. The van der Waals surface area contributed by atoms with Gasteiger partial charge < -0.3 is 10.7 Å². The summed E-state index contributed by atoms with van der Waals surface area (Å²) >= 11 is 6.06. The third-order valence-corrected chi connectivity index (χ3v) is 4.18. The van der Waals surface area contributed by atoms with Crippen molar-refractivity contribution >= 4 is 23.3 Å². The lowest BCUT2D eigenvalue weighted by molar-refractivity contribution is 0.578. The zero-order chi connectivity index (χ0) is 17.3. The van der Waals surface area contributed by atoms with Crippen LogP contribution in [-0.2, 0) is 12.8 Å². The summed E-state index contributed by atoms with van der Waals surface area (Å²) in [5.74, 6) is 0.996. The van der Waals surface area contributed by atoms with Crippen LogP contribution in [0, 0.1) is 5.92 Å². The Morgan fingerprint density at radius 1 is 1.38 bits per heavy atom. The standard InChI is InChI=1S/C17H20ClN5O/c1-10(2)6-7-14-13(9-11-4-3-5-12(18)8-11)15(24)23-17(20-14)21-16(19)22-23/h3-5,8,10H,6-7,9H2,1-2H3,(H3,19,20,21,22). The first kappa shape index (κ1) is 16.5. The molecule has 0 radical (unpaired) electrons. The van der Waals surface area contributed by atoms with E-state index < -0.39 is 0 Å². The molecule has 0 atom stereocenters. The van der Waals surface area contributed by atoms with Crippen LogP contribution in [0.1, 0.15) is 37.1 Å². The van der Waals surface area contributed by atoms with E-state index in [1.807, 2.05) is 24.3 Å². The highest BCUT2D eigenvalue weighted by Gasteiger charge is 2.15. The molecule has 2 aromatic heterocycles. The van der Waals surface area contributed by atoms with E-state index in [0.717, 1.165) is 24.1 Å². The average molecular weight is 346 g/mol. The van der Waals surface area contributed by atoms with Gasteiger partial charge in [-0.15, -0.1) is 5.10 Å². The number of aromatic amines is 1. The van der Waals surface area contributed by atoms with Crippen molar-refractivity contribution in [2.75, 3.05) is 5.73 Å². The van der Waals surface area contributed by atoms with E-state index in [9.17, 15) is 4.79 Å². The molecule has 0 aliphatic carbocycles. The van der Waals surface area contributed by atoms with Crippen LogP contribution in [0.3, 0.4) is 0 Å². The van der Waals surface area contributed by atoms with Crippen molar-refractivity contribution in [1.29, 1.82) is 0 Å². The Kier molecular flexibility index (Phi) is 4.57. The summed E-state index contributed by atoms with van der Waals surface area (Å²) in [5.41, 5.74) is 7.98. The molecule has 0 spiro atoms. The van der Waals surface area contributed by atoms with Gasteiger partial charge in [-0.25, -0.2) is 0 Å². The normalized spacial score (nSPS) is 11.5. The molecule has 6 nitrogen and oxygen atoms in total. The highest BCUT2D eigenvalue weighted by molar-refractivity contribution is 6.30. The molecule has 1 aromatic carbocycles. The molecule has 0 saturated carbocycles. The van der Waals surface area contributed by atoms with Crippen LogP contribution >= 0.6 is 11.6 Å². The molecule has 0 amide bonds. The fourth-order valence-corrected chi connectivity index (χ4v) is 2.91. The van der Waals surface area contributed by atoms with Gasteiger partial charge in [-0.05, 0) is 36.5 Å². The second kappa shape index (κ2) is 6.65. The number of benzene rings is 1. The van der Waals surface area contributed by atoms with Crippen LogP contribution in [0.2, 0.25) is 5.02 Å². The molecule has 3 N–H and O–H groups in total. The van der Waals surface area contributed by atoms with Gasteiger partial charge in [-0.2, -0.15) is 9.50 Å². The van der Waals surface area contributed by atoms with Crippen LogP contribution < -0.4 is 11.3 Å². The highest BCUT2D eigenvalue weighted by atomic mass is 35.5. The van der Waals surface area contributed by atoms with Gasteiger partial charge in [0.05, 0.1) is 0 Å². The molecule has 7 heteroatoms. The van der Waals surface area contributed by atoms with Gasteiger partial charge in [0.15, 0.2) is 0 Å². The molecular weight excluding hydrogens is 326 g/mol. The van der Waals surface area contributed by atoms with Gasteiger partial charge in [0.25, 0.3) is 5.56 Å². The fraction of sp³-hybridized carbons (Fsp3) is 0.353. The van der Waals surface area contributed by atoms with Crippen LogP contribution in [0.15, 0.2) is 29.1 Å². The van der Waals surface area contributed by atoms with E-state index in [4.69, 9.17) is 17.3 Å². The lowest BCUT2D eigenvalue weighted by atomic mass is 9.99. The molecule has 24 heavy (non-hydrogen) atoms. The maximum absolute atomic E-state index is 12.8. The van der Waals surface area contributed by atoms with Crippen molar-refractivity contribution in [1.82, 2.24) is 19.6 Å². The van der Waals surface area contributed by atoms with Crippen molar-refractivity contribution in [3.8, 4) is 0 Å². The molecule has 0 aliphatic heterocycles. The summed E-state index contributed by atoms with van der Waals surface area (Å²) in [7, 11) is 0. The molecule has 0 aliphatic rings. The number of hydrogen-bond acceptors (Lipinski definition) is 4. The minimum Gasteiger partial charge on any atom is -0.366 e. The number of halogens is 1. The smallest absolute Gasteiger partial charge is 0.279 e. The van der Waals surface area contributed by atoms with Crippen molar-refractivity contribution in [2.24, 2.45) is 5.92 Å². The number of anilines is 1. The van der Waals surface area contributed by atoms with Crippen molar-refractivity contribution in [2.45, 2.75) is 33.1 Å². The maximum atomic E-state index is 12.8. The van der Waals surface area contributed by atoms with Crippen LogP contribution in [-0.4, -0.2) is 19.6 Å². The summed E-state index contributed by atoms with van der Waals surface area (Å²) in [6.07, 6.45) is 2.23. The number of aromatic nitrogens is 4. The Bertz CT molecular complexity index is 928. The number of nitrogens with one attached hydrogen (secondary N) is 1. The predicted molar refractivity (Wildman–Crippen MR) is 95.4 cm³/mol. The number of rotatable bonds is 5. The minimum absolute atomic E-state index is 0.0815. The van der Waals surface area contributed by atoms with E-state index in [1.165, 1.54) is 4.52 Å². The van der Waals surface area contributed by atoms with Crippen molar-refractivity contribution in [3.63, 3.8) is 0 Å². The van der Waals surface area contributed by atoms with Gasteiger partial charge in [0.1, 0.15) is 0 Å². The average Bonchev–Trinajstić information content (AvgIpc) is 2.89. The maximum Gasteiger partial charge on any atom is 0.279 e. The van der Waals surface area contributed by atoms with E-state index in [1.54, 1.807) is 0 Å². The molecule has 0 fully saturated rings. The topological polar surface area (TPSA) is 89.1 Å².